The highest BCUT2D eigenvalue weighted by Crippen LogP contribution is 2.29. The van der Waals surface area contributed by atoms with E-state index in [1.54, 1.807) is 0 Å². The number of carbonyl (C=O) groups excluding carboxylic acids is 1. The van der Waals surface area contributed by atoms with Gasteiger partial charge in [-0.3, -0.25) is 4.79 Å². The quantitative estimate of drug-likeness (QED) is 0.884. The molecule has 1 aliphatic heterocycles. The molecule has 21 heavy (non-hydrogen) atoms. The topological polar surface area (TPSA) is 65.5 Å². The van der Waals surface area contributed by atoms with E-state index in [0.717, 1.165) is 18.7 Å². The van der Waals surface area contributed by atoms with Gasteiger partial charge in [0, 0.05) is 19.3 Å². The highest BCUT2D eigenvalue weighted by Gasteiger charge is 2.31. The summed E-state index contributed by atoms with van der Waals surface area (Å²) in [6, 6.07) is 1.62. The smallest absolute Gasteiger partial charge is 0.395 e. The number of aromatic nitrogens is 1. The number of amides is 1. The molecule has 1 atom stereocenters. The normalized spacial score (nSPS) is 19.7. The second-order valence-corrected chi connectivity index (χ2v) is 4.82. The lowest BCUT2D eigenvalue weighted by atomic mass is 10.0. The fourth-order valence-electron chi connectivity index (χ4n) is 2.24. The Bertz CT molecular complexity index is 488. The van der Waals surface area contributed by atoms with Gasteiger partial charge in [-0.15, -0.1) is 0 Å². The van der Waals surface area contributed by atoms with Crippen LogP contribution < -0.4 is 5.32 Å². The van der Waals surface area contributed by atoms with Crippen LogP contribution >= 0.6 is 0 Å². The summed E-state index contributed by atoms with van der Waals surface area (Å²) in [5.74, 6) is 0.0594. The number of anilines is 1. The van der Waals surface area contributed by atoms with Gasteiger partial charge in [0.15, 0.2) is 0 Å². The molecule has 2 heterocycles. The first kappa shape index (κ1) is 15.6. The minimum absolute atomic E-state index is 0.114. The summed E-state index contributed by atoms with van der Waals surface area (Å²) in [6.07, 6.45) is -2.33. The van der Waals surface area contributed by atoms with Gasteiger partial charge in [-0.25, -0.2) is 4.98 Å². The number of nitrogens with one attached hydrogen (secondary N) is 1. The van der Waals surface area contributed by atoms with E-state index in [4.69, 9.17) is 5.11 Å². The number of carbonyl (C=O) groups is 1. The number of likely N-dealkylation sites (tertiary alicyclic amines) is 1. The number of nitrogens with zero attached hydrogens (tertiary/aromatic N) is 2. The average molecular weight is 303 g/mol. The number of aliphatic hydroxyl groups is 1. The van der Waals surface area contributed by atoms with Gasteiger partial charge in [0.1, 0.15) is 11.9 Å². The second kappa shape index (κ2) is 6.30. The molecule has 0 spiro atoms. The van der Waals surface area contributed by atoms with Crippen LogP contribution in [0.5, 0.6) is 0 Å². The van der Waals surface area contributed by atoms with Gasteiger partial charge in [0.05, 0.1) is 12.2 Å². The van der Waals surface area contributed by atoms with Gasteiger partial charge in [0.25, 0.3) is 0 Å². The molecule has 116 valence electrons. The van der Waals surface area contributed by atoms with Gasteiger partial charge in [-0.05, 0) is 25.0 Å². The molecule has 1 aromatic rings. The van der Waals surface area contributed by atoms with E-state index in [1.165, 1.54) is 11.0 Å². The highest BCUT2D eigenvalue weighted by atomic mass is 19.4. The van der Waals surface area contributed by atoms with E-state index in [0.29, 0.717) is 13.0 Å². The fourth-order valence-corrected chi connectivity index (χ4v) is 2.24. The lowest BCUT2D eigenvalue weighted by Gasteiger charge is -2.32. The third-order valence-corrected chi connectivity index (χ3v) is 3.31. The van der Waals surface area contributed by atoms with Crippen molar-refractivity contribution in [3.05, 3.63) is 23.9 Å². The maximum Gasteiger partial charge on any atom is 0.417 e. The van der Waals surface area contributed by atoms with Crippen molar-refractivity contribution < 1.29 is 23.1 Å². The number of halogens is 3. The third kappa shape index (κ3) is 3.84. The summed E-state index contributed by atoms with van der Waals surface area (Å²) in [5.41, 5.74) is -0.829. The number of hydrogen-bond acceptors (Lipinski definition) is 4. The van der Waals surface area contributed by atoms with Crippen molar-refractivity contribution in [1.82, 2.24) is 9.88 Å². The monoisotopic (exact) mass is 303 g/mol. The minimum atomic E-state index is -4.43. The van der Waals surface area contributed by atoms with Gasteiger partial charge < -0.3 is 15.3 Å². The standard InChI is InChI=1S/C13H16F3N3O2/c14-13(15,16)9-3-4-11(17-8-9)18-10-2-1-5-19(6-7-20)12(10)21/h3-4,8,10,20H,1-2,5-7H2,(H,17,18)/t10-/m1/s1. The lowest BCUT2D eigenvalue weighted by Crippen LogP contribution is -2.48. The summed E-state index contributed by atoms with van der Waals surface area (Å²) >= 11 is 0. The first-order valence-corrected chi connectivity index (χ1v) is 6.61. The molecule has 1 saturated heterocycles. The van der Waals surface area contributed by atoms with Crippen LogP contribution in [0.1, 0.15) is 18.4 Å². The van der Waals surface area contributed by atoms with E-state index >= 15 is 0 Å². The second-order valence-electron chi connectivity index (χ2n) is 4.82. The van der Waals surface area contributed by atoms with Crippen LogP contribution in [0.2, 0.25) is 0 Å². The molecule has 5 nitrogen and oxygen atoms in total. The summed E-state index contributed by atoms with van der Waals surface area (Å²) < 4.78 is 37.3. The van der Waals surface area contributed by atoms with E-state index < -0.39 is 17.8 Å². The van der Waals surface area contributed by atoms with Crippen molar-refractivity contribution in [3.8, 4) is 0 Å². The number of rotatable bonds is 4. The highest BCUT2D eigenvalue weighted by molar-refractivity contribution is 5.85. The Morgan fingerprint density at radius 1 is 1.43 bits per heavy atom. The van der Waals surface area contributed by atoms with Crippen LogP contribution in [0, 0.1) is 0 Å². The number of piperidine rings is 1. The molecular formula is C13H16F3N3O2. The van der Waals surface area contributed by atoms with Crippen molar-refractivity contribution >= 4 is 11.7 Å². The van der Waals surface area contributed by atoms with Crippen LogP contribution in [-0.2, 0) is 11.0 Å². The van der Waals surface area contributed by atoms with Crippen molar-refractivity contribution in [2.24, 2.45) is 0 Å². The van der Waals surface area contributed by atoms with E-state index in [1.807, 2.05) is 0 Å². The summed E-state index contributed by atoms with van der Waals surface area (Å²) in [5, 5.41) is 11.7. The molecular weight excluding hydrogens is 287 g/mol. The predicted molar refractivity (Wildman–Crippen MR) is 69.5 cm³/mol. The molecule has 0 saturated carbocycles. The van der Waals surface area contributed by atoms with Crippen LogP contribution in [-0.4, -0.2) is 46.6 Å². The third-order valence-electron chi connectivity index (χ3n) is 3.31. The molecule has 2 N–H and O–H groups in total. The van der Waals surface area contributed by atoms with Crippen LogP contribution in [0.3, 0.4) is 0 Å². The minimum Gasteiger partial charge on any atom is -0.395 e. The molecule has 1 aliphatic rings. The molecule has 0 unspecified atom stereocenters. The molecule has 2 rings (SSSR count). The van der Waals surface area contributed by atoms with Crippen LogP contribution in [0.4, 0.5) is 19.0 Å². The Kier molecular flexibility index (Phi) is 4.66. The van der Waals surface area contributed by atoms with Crippen molar-refractivity contribution in [2.45, 2.75) is 25.1 Å². The zero-order valence-electron chi connectivity index (χ0n) is 11.2. The van der Waals surface area contributed by atoms with E-state index in [-0.39, 0.29) is 24.9 Å². The number of pyridine rings is 1. The zero-order chi connectivity index (χ0) is 15.5. The van der Waals surface area contributed by atoms with E-state index in [9.17, 15) is 18.0 Å². The molecule has 0 bridgehead atoms. The first-order chi connectivity index (χ1) is 9.91. The Morgan fingerprint density at radius 3 is 2.76 bits per heavy atom. The average Bonchev–Trinajstić information content (AvgIpc) is 2.43. The van der Waals surface area contributed by atoms with Crippen molar-refractivity contribution in [3.63, 3.8) is 0 Å². The molecule has 0 aliphatic carbocycles. The fraction of sp³-hybridized carbons (Fsp3) is 0.538. The molecule has 1 aromatic heterocycles. The molecule has 1 fully saturated rings. The number of hydrogen-bond donors (Lipinski definition) is 2. The van der Waals surface area contributed by atoms with E-state index in [2.05, 4.69) is 10.3 Å². The van der Waals surface area contributed by atoms with Gasteiger partial charge in [0.2, 0.25) is 5.91 Å². The van der Waals surface area contributed by atoms with Crippen LogP contribution in [0.15, 0.2) is 18.3 Å². The first-order valence-electron chi connectivity index (χ1n) is 6.61. The van der Waals surface area contributed by atoms with Crippen molar-refractivity contribution in [2.75, 3.05) is 25.0 Å². The van der Waals surface area contributed by atoms with Crippen LogP contribution in [0.25, 0.3) is 0 Å². The SMILES string of the molecule is O=C1[C@H](Nc2ccc(C(F)(F)F)cn2)CCCN1CCO. The Morgan fingerprint density at radius 2 is 2.19 bits per heavy atom. The Balaban J connectivity index is 2.02. The number of aliphatic hydroxyl groups excluding tert-OH is 1. The summed E-state index contributed by atoms with van der Waals surface area (Å²) in [4.78, 5) is 17.3. The zero-order valence-corrected chi connectivity index (χ0v) is 11.2. The molecule has 1 amide bonds. The molecule has 0 radical (unpaired) electrons. The Hall–Kier alpha value is -1.83. The largest absolute Gasteiger partial charge is 0.417 e. The lowest BCUT2D eigenvalue weighted by molar-refractivity contribution is -0.138. The Labute approximate surface area is 119 Å². The summed E-state index contributed by atoms with van der Waals surface area (Å²) in [6.45, 7) is 0.729. The number of β-amino-alcohol motifs (C(OH)–C–C–N with tert-alkyl or cyclic N) is 1. The van der Waals surface area contributed by atoms with Gasteiger partial charge in [-0.2, -0.15) is 13.2 Å². The van der Waals surface area contributed by atoms with Gasteiger partial charge >= 0.3 is 6.18 Å². The summed E-state index contributed by atoms with van der Waals surface area (Å²) in [7, 11) is 0. The maximum atomic E-state index is 12.4. The molecule has 0 aromatic carbocycles. The molecule has 8 heteroatoms. The predicted octanol–water partition coefficient (Wildman–Crippen LogP) is 1.50. The maximum absolute atomic E-state index is 12.4. The van der Waals surface area contributed by atoms with Crippen molar-refractivity contribution in [1.29, 1.82) is 0 Å². The number of alkyl halides is 3. The van der Waals surface area contributed by atoms with Gasteiger partial charge in [-0.1, -0.05) is 0 Å².